The zero-order valence-electron chi connectivity index (χ0n) is 14.9. The maximum atomic E-state index is 9.29. The second-order valence-corrected chi connectivity index (χ2v) is 6.53. The van der Waals surface area contributed by atoms with E-state index in [1.54, 1.807) is 0 Å². The molecule has 3 rings (SSSR count). The number of anilines is 2. The predicted octanol–water partition coefficient (Wildman–Crippen LogP) is 4.29. The Balaban J connectivity index is 1.67. The van der Waals surface area contributed by atoms with Gasteiger partial charge in [0.2, 0.25) is 0 Å². The van der Waals surface area contributed by atoms with Crippen molar-refractivity contribution in [1.82, 2.24) is 4.98 Å². The lowest BCUT2D eigenvalue weighted by Gasteiger charge is -2.35. The fraction of sp³-hybridized carbons (Fsp3) is 0.333. The SMILES string of the molecule is C=Cc1cc(NC2CCN(c3ccccc3C#N)CC2)c(C)nc1C. The van der Waals surface area contributed by atoms with E-state index in [1.165, 1.54) is 0 Å². The zero-order valence-corrected chi connectivity index (χ0v) is 14.9. The highest BCUT2D eigenvalue weighted by Crippen LogP contribution is 2.26. The second-order valence-electron chi connectivity index (χ2n) is 6.53. The van der Waals surface area contributed by atoms with E-state index in [0.717, 1.165) is 59.8 Å². The number of hydrogen-bond acceptors (Lipinski definition) is 4. The van der Waals surface area contributed by atoms with E-state index in [4.69, 9.17) is 0 Å². The lowest BCUT2D eigenvalue weighted by atomic mass is 10.0. The monoisotopic (exact) mass is 332 g/mol. The molecule has 0 spiro atoms. The Morgan fingerprint density at radius 3 is 2.64 bits per heavy atom. The lowest BCUT2D eigenvalue weighted by molar-refractivity contribution is 0.526. The minimum atomic E-state index is 0.423. The number of nitrogens with zero attached hydrogens (tertiary/aromatic N) is 3. The van der Waals surface area contributed by atoms with Crippen LogP contribution in [0.1, 0.15) is 35.4 Å². The van der Waals surface area contributed by atoms with Gasteiger partial charge in [-0.15, -0.1) is 0 Å². The van der Waals surface area contributed by atoms with Gasteiger partial charge in [-0.05, 0) is 50.5 Å². The van der Waals surface area contributed by atoms with Crippen LogP contribution in [0.5, 0.6) is 0 Å². The molecular formula is C21H24N4. The van der Waals surface area contributed by atoms with Crippen molar-refractivity contribution in [2.24, 2.45) is 0 Å². The van der Waals surface area contributed by atoms with Gasteiger partial charge in [0.05, 0.1) is 22.6 Å². The smallest absolute Gasteiger partial charge is 0.101 e. The number of pyridine rings is 1. The zero-order chi connectivity index (χ0) is 17.8. The molecule has 0 atom stereocenters. The van der Waals surface area contributed by atoms with Crippen LogP contribution in [0.2, 0.25) is 0 Å². The van der Waals surface area contributed by atoms with Crippen LogP contribution in [0.15, 0.2) is 36.9 Å². The van der Waals surface area contributed by atoms with E-state index in [2.05, 4.69) is 33.9 Å². The van der Waals surface area contributed by atoms with Gasteiger partial charge in [-0.25, -0.2) is 0 Å². The van der Waals surface area contributed by atoms with Crippen LogP contribution < -0.4 is 10.2 Å². The summed E-state index contributed by atoms with van der Waals surface area (Å²) in [4.78, 5) is 6.93. The van der Waals surface area contributed by atoms with Gasteiger partial charge in [0, 0.05) is 24.8 Å². The average Bonchev–Trinajstić information content (AvgIpc) is 2.64. The van der Waals surface area contributed by atoms with E-state index >= 15 is 0 Å². The summed E-state index contributed by atoms with van der Waals surface area (Å²) in [5.41, 5.74) is 6.01. The van der Waals surface area contributed by atoms with E-state index in [-0.39, 0.29) is 0 Å². The topological polar surface area (TPSA) is 52.0 Å². The summed E-state index contributed by atoms with van der Waals surface area (Å²) in [5, 5.41) is 12.9. The van der Waals surface area contributed by atoms with Crippen LogP contribution >= 0.6 is 0 Å². The molecule has 0 saturated carbocycles. The van der Waals surface area contributed by atoms with Gasteiger partial charge in [0.25, 0.3) is 0 Å². The number of aromatic nitrogens is 1. The molecule has 2 heterocycles. The molecule has 0 aliphatic carbocycles. The van der Waals surface area contributed by atoms with E-state index in [9.17, 15) is 5.26 Å². The summed E-state index contributed by atoms with van der Waals surface area (Å²) in [6.07, 6.45) is 3.93. The van der Waals surface area contributed by atoms with Crippen molar-refractivity contribution < 1.29 is 0 Å². The first-order valence-corrected chi connectivity index (χ1v) is 8.73. The molecule has 0 unspecified atom stereocenters. The van der Waals surface area contributed by atoms with Crippen LogP contribution in [-0.4, -0.2) is 24.1 Å². The quantitative estimate of drug-likeness (QED) is 0.907. The molecular weight excluding hydrogens is 308 g/mol. The molecule has 1 N–H and O–H groups in total. The van der Waals surface area contributed by atoms with Crippen LogP contribution in [0, 0.1) is 25.2 Å². The Bertz CT molecular complexity index is 811. The molecule has 4 nitrogen and oxygen atoms in total. The third kappa shape index (κ3) is 3.66. The fourth-order valence-electron chi connectivity index (χ4n) is 3.42. The van der Waals surface area contributed by atoms with Crippen LogP contribution in [0.3, 0.4) is 0 Å². The Morgan fingerprint density at radius 2 is 1.96 bits per heavy atom. The number of aryl methyl sites for hydroxylation is 2. The molecule has 1 aromatic carbocycles. The van der Waals surface area contributed by atoms with Gasteiger partial charge in [0.1, 0.15) is 6.07 Å². The lowest BCUT2D eigenvalue weighted by Crippen LogP contribution is -2.39. The minimum absolute atomic E-state index is 0.423. The third-order valence-electron chi connectivity index (χ3n) is 4.88. The highest BCUT2D eigenvalue weighted by molar-refractivity contribution is 5.61. The average molecular weight is 332 g/mol. The molecule has 4 heteroatoms. The third-order valence-corrected chi connectivity index (χ3v) is 4.88. The molecule has 0 amide bonds. The molecule has 128 valence electrons. The molecule has 0 bridgehead atoms. The van der Waals surface area contributed by atoms with Crippen LogP contribution in [0.4, 0.5) is 11.4 Å². The number of benzene rings is 1. The predicted molar refractivity (Wildman–Crippen MR) is 104 cm³/mol. The standard InChI is InChI=1S/C21H24N4/c1-4-17-13-20(16(3)23-15(17)2)24-19-9-11-25(12-10-19)21-8-6-5-7-18(21)14-22/h4-8,13,19,24H,1,9-12H2,2-3H3. The molecule has 2 aromatic rings. The number of hydrogen-bond donors (Lipinski definition) is 1. The number of para-hydroxylation sites is 1. The van der Waals surface area contributed by atoms with Crippen molar-refractivity contribution >= 4 is 17.5 Å². The molecule has 0 radical (unpaired) electrons. The van der Waals surface area contributed by atoms with E-state index < -0.39 is 0 Å². The highest BCUT2D eigenvalue weighted by atomic mass is 15.1. The summed E-state index contributed by atoms with van der Waals surface area (Å²) in [7, 11) is 0. The first-order chi connectivity index (χ1) is 12.1. The minimum Gasteiger partial charge on any atom is -0.381 e. The first kappa shape index (κ1) is 17.0. The summed E-state index contributed by atoms with van der Waals surface area (Å²) in [5.74, 6) is 0. The Kier molecular flexibility index (Phi) is 5.04. The summed E-state index contributed by atoms with van der Waals surface area (Å²) >= 11 is 0. The summed E-state index contributed by atoms with van der Waals surface area (Å²) < 4.78 is 0. The van der Waals surface area contributed by atoms with Gasteiger partial charge in [-0.2, -0.15) is 5.26 Å². The van der Waals surface area contributed by atoms with Crippen molar-refractivity contribution in [1.29, 1.82) is 5.26 Å². The summed E-state index contributed by atoms with van der Waals surface area (Å²) in [6, 6.07) is 12.7. The van der Waals surface area contributed by atoms with Crippen molar-refractivity contribution in [2.45, 2.75) is 32.7 Å². The molecule has 1 saturated heterocycles. The fourth-order valence-corrected chi connectivity index (χ4v) is 3.42. The Labute approximate surface area is 149 Å². The van der Waals surface area contributed by atoms with Gasteiger partial charge in [0.15, 0.2) is 0 Å². The normalized spacial score (nSPS) is 14.8. The molecule has 1 fully saturated rings. The molecule has 1 aliphatic rings. The maximum Gasteiger partial charge on any atom is 0.101 e. The second kappa shape index (κ2) is 7.40. The van der Waals surface area contributed by atoms with Crippen LogP contribution in [0.25, 0.3) is 6.08 Å². The number of nitrogens with one attached hydrogen (secondary N) is 1. The molecule has 25 heavy (non-hydrogen) atoms. The number of nitriles is 1. The molecule has 1 aromatic heterocycles. The number of piperidine rings is 1. The van der Waals surface area contributed by atoms with Crippen molar-refractivity contribution in [2.75, 3.05) is 23.3 Å². The Morgan fingerprint density at radius 1 is 1.24 bits per heavy atom. The summed E-state index contributed by atoms with van der Waals surface area (Å²) in [6.45, 7) is 9.82. The highest BCUT2D eigenvalue weighted by Gasteiger charge is 2.21. The maximum absolute atomic E-state index is 9.29. The van der Waals surface area contributed by atoms with Gasteiger partial charge in [-0.3, -0.25) is 4.98 Å². The van der Waals surface area contributed by atoms with E-state index in [1.807, 2.05) is 44.2 Å². The van der Waals surface area contributed by atoms with Gasteiger partial charge < -0.3 is 10.2 Å². The van der Waals surface area contributed by atoms with Crippen molar-refractivity contribution in [3.8, 4) is 6.07 Å². The Hall–Kier alpha value is -2.80. The van der Waals surface area contributed by atoms with Gasteiger partial charge in [-0.1, -0.05) is 24.8 Å². The largest absolute Gasteiger partial charge is 0.381 e. The van der Waals surface area contributed by atoms with Crippen LogP contribution in [-0.2, 0) is 0 Å². The van der Waals surface area contributed by atoms with Gasteiger partial charge >= 0.3 is 0 Å². The number of rotatable bonds is 4. The first-order valence-electron chi connectivity index (χ1n) is 8.73. The van der Waals surface area contributed by atoms with Crippen molar-refractivity contribution in [3.05, 3.63) is 59.4 Å². The van der Waals surface area contributed by atoms with Crippen molar-refractivity contribution in [3.63, 3.8) is 0 Å². The van der Waals surface area contributed by atoms with E-state index in [0.29, 0.717) is 6.04 Å². The molecule has 1 aliphatic heterocycles.